The van der Waals surface area contributed by atoms with Crippen LogP contribution in [0.3, 0.4) is 0 Å². The number of aryl methyl sites for hydroxylation is 1. The first-order valence-electron chi connectivity index (χ1n) is 6.20. The van der Waals surface area contributed by atoms with Gasteiger partial charge in [0.15, 0.2) is 5.69 Å². The average Bonchev–Trinajstić information content (AvgIpc) is 2.38. The van der Waals surface area contributed by atoms with E-state index in [1.807, 2.05) is 0 Å². The number of carbonyl (C=O) groups excluding carboxylic acids is 1. The molecule has 1 aromatic heterocycles. The SMILES string of the molecule is Cc1c(C(N)=O)cccc1-n1c(C)cc(C(F)(F)F)nc1=O. The maximum atomic E-state index is 12.7. The van der Waals surface area contributed by atoms with Crippen LogP contribution in [-0.4, -0.2) is 15.5 Å². The molecule has 0 aliphatic heterocycles. The standard InChI is InChI=1S/C14H12F3N3O2/c1-7-6-11(14(15,16)17)19-13(22)20(7)10-5-3-4-9(8(10)2)12(18)21/h3-6H,1-2H3,(H2,18,21). The number of carbonyl (C=O) groups is 1. The van der Waals surface area contributed by atoms with Crippen molar-refractivity contribution in [2.24, 2.45) is 5.73 Å². The number of amides is 1. The predicted octanol–water partition coefficient (Wildman–Crippen LogP) is 1.97. The zero-order valence-corrected chi connectivity index (χ0v) is 11.7. The van der Waals surface area contributed by atoms with E-state index in [0.29, 0.717) is 5.56 Å². The van der Waals surface area contributed by atoms with Crippen LogP contribution < -0.4 is 11.4 Å². The average molecular weight is 311 g/mol. The molecule has 0 saturated heterocycles. The molecule has 2 aromatic rings. The summed E-state index contributed by atoms with van der Waals surface area (Å²) in [5, 5.41) is 0. The quantitative estimate of drug-likeness (QED) is 0.921. The van der Waals surface area contributed by atoms with E-state index in [-0.39, 0.29) is 16.9 Å². The molecule has 1 aromatic carbocycles. The van der Waals surface area contributed by atoms with Gasteiger partial charge in [-0.25, -0.2) is 4.79 Å². The second kappa shape index (κ2) is 5.28. The number of nitrogens with zero attached hydrogens (tertiary/aromatic N) is 2. The minimum atomic E-state index is -4.70. The Bertz CT molecular complexity index is 810. The summed E-state index contributed by atoms with van der Waals surface area (Å²) in [5.41, 5.74) is 3.79. The van der Waals surface area contributed by atoms with E-state index in [9.17, 15) is 22.8 Å². The molecule has 116 valence electrons. The van der Waals surface area contributed by atoms with E-state index in [1.54, 1.807) is 6.92 Å². The third-order valence-electron chi connectivity index (χ3n) is 3.21. The molecule has 8 heteroatoms. The number of hydrogen-bond donors (Lipinski definition) is 1. The molecule has 0 spiro atoms. The molecule has 2 rings (SSSR count). The van der Waals surface area contributed by atoms with Gasteiger partial charge in [0.2, 0.25) is 5.91 Å². The van der Waals surface area contributed by atoms with Gasteiger partial charge in [-0.3, -0.25) is 9.36 Å². The summed E-state index contributed by atoms with van der Waals surface area (Å²) in [5.74, 6) is -0.690. The van der Waals surface area contributed by atoms with Crippen molar-refractivity contribution in [1.82, 2.24) is 9.55 Å². The van der Waals surface area contributed by atoms with E-state index in [2.05, 4.69) is 4.98 Å². The van der Waals surface area contributed by atoms with Crippen LogP contribution in [-0.2, 0) is 6.18 Å². The normalized spacial score (nSPS) is 11.5. The van der Waals surface area contributed by atoms with Crippen LogP contribution in [0, 0.1) is 13.8 Å². The molecule has 0 aliphatic rings. The maximum absolute atomic E-state index is 12.7. The first kappa shape index (κ1) is 15.7. The fourth-order valence-corrected chi connectivity index (χ4v) is 2.17. The lowest BCUT2D eigenvalue weighted by molar-refractivity contribution is -0.141. The number of primary amides is 1. The largest absolute Gasteiger partial charge is 0.433 e. The van der Waals surface area contributed by atoms with Crippen LogP contribution in [0.4, 0.5) is 13.2 Å². The highest BCUT2D eigenvalue weighted by atomic mass is 19.4. The molecular formula is C14H12F3N3O2. The van der Waals surface area contributed by atoms with Gasteiger partial charge in [0.25, 0.3) is 0 Å². The lowest BCUT2D eigenvalue weighted by atomic mass is 10.1. The van der Waals surface area contributed by atoms with Gasteiger partial charge in [0.1, 0.15) is 0 Å². The molecule has 0 bridgehead atoms. The van der Waals surface area contributed by atoms with Gasteiger partial charge in [-0.15, -0.1) is 0 Å². The summed E-state index contributed by atoms with van der Waals surface area (Å²) in [4.78, 5) is 26.4. The number of nitrogens with two attached hydrogens (primary N) is 1. The number of aromatic nitrogens is 2. The first-order chi connectivity index (χ1) is 10.1. The Kier molecular flexibility index (Phi) is 3.78. The van der Waals surface area contributed by atoms with E-state index in [0.717, 1.165) is 10.6 Å². The van der Waals surface area contributed by atoms with Crippen molar-refractivity contribution in [3.8, 4) is 5.69 Å². The molecule has 0 saturated carbocycles. The van der Waals surface area contributed by atoms with Crippen molar-refractivity contribution >= 4 is 5.91 Å². The number of halogens is 3. The zero-order valence-electron chi connectivity index (χ0n) is 11.7. The Morgan fingerprint density at radius 1 is 1.27 bits per heavy atom. The van der Waals surface area contributed by atoms with Gasteiger partial charge in [0, 0.05) is 11.3 Å². The van der Waals surface area contributed by atoms with Crippen LogP contribution in [0.2, 0.25) is 0 Å². The molecule has 5 nitrogen and oxygen atoms in total. The van der Waals surface area contributed by atoms with Crippen molar-refractivity contribution < 1.29 is 18.0 Å². The van der Waals surface area contributed by atoms with Crippen molar-refractivity contribution in [3.63, 3.8) is 0 Å². The van der Waals surface area contributed by atoms with Gasteiger partial charge in [-0.05, 0) is 37.6 Å². The van der Waals surface area contributed by atoms with E-state index < -0.39 is 23.5 Å². The van der Waals surface area contributed by atoms with Gasteiger partial charge < -0.3 is 5.73 Å². The summed E-state index contributed by atoms with van der Waals surface area (Å²) in [6.45, 7) is 2.91. The molecule has 0 radical (unpaired) electrons. The Morgan fingerprint density at radius 3 is 2.41 bits per heavy atom. The smallest absolute Gasteiger partial charge is 0.366 e. The van der Waals surface area contributed by atoms with Gasteiger partial charge in [-0.2, -0.15) is 18.2 Å². The molecule has 2 N–H and O–H groups in total. The summed E-state index contributed by atoms with van der Waals surface area (Å²) >= 11 is 0. The molecule has 22 heavy (non-hydrogen) atoms. The monoisotopic (exact) mass is 311 g/mol. The lowest BCUT2D eigenvalue weighted by Gasteiger charge is -2.15. The summed E-state index contributed by atoms with van der Waals surface area (Å²) in [6.07, 6.45) is -4.70. The van der Waals surface area contributed by atoms with Crippen molar-refractivity contribution in [2.45, 2.75) is 20.0 Å². The molecule has 0 atom stereocenters. The van der Waals surface area contributed by atoms with Crippen LogP contribution >= 0.6 is 0 Å². The maximum Gasteiger partial charge on any atom is 0.433 e. The Morgan fingerprint density at radius 2 is 1.91 bits per heavy atom. The van der Waals surface area contributed by atoms with Crippen LogP contribution in [0.1, 0.15) is 27.3 Å². The number of hydrogen-bond acceptors (Lipinski definition) is 3. The second-order valence-corrected chi connectivity index (χ2v) is 4.71. The van der Waals surface area contributed by atoms with Crippen molar-refractivity contribution in [3.05, 3.63) is 57.3 Å². The zero-order chi connectivity index (χ0) is 16.7. The minimum absolute atomic E-state index is 0.0528. The van der Waals surface area contributed by atoms with Gasteiger partial charge in [0.05, 0.1) is 5.69 Å². The first-order valence-corrected chi connectivity index (χ1v) is 6.20. The highest BCUT2D eigenvalue weighted by Gasteiger charge is 2.33. The fraction of sp³-hybridized carbons (Fsp3) is 0.214. The van der Waals surface area contributed by atoms with Crippen LogP contribution in [0.25, 0.3) is 5.69 Å². The number of rotatable bonds is 2. The topological polar surface area (TPSA) is 78.0 Å². The number of alkyl halides is 3. The number of benzene rings is 1. The van der Waals surface area contributed by atoms with E-state index >= 15 is 0 Å². The van der Waals surface area contributed by atoms with Crippen LogP contribution in [0.15, 0.2) is 29.1 Å². The van der Waals surface area contributed by atoms with E-state index in [1.165, 1.54) is 25.1 Å². The third kappa shape index (κ3) is 2.72. The van der Waals surface area contributed by atoms with Gasteiger partial charge in [-0.1, -0.05) is 6.07 Å². The molecular weight excluding hydrogens is 299 g/mol. The predicted molar refractivity (Wildman–Crippen MR) is 72.8 cm³/mol. The lowest BCUT2D eigenvalue weighted by Crippen LogP contribution is -2.28. The summed E-state index contributed by atoms with van der Waals surface area (Å²) < 4.78 is 39.0. The fourth-order valence-electron chi connectivity index (χ4n) is 2.17. The highest BCUT2D eigenvalue weighted by molar-refractivity contribution is 5.95. The minimum Gasteiger partial charge on any atom is -0.366 e. The third-order valence-corrected chi connectivity index (χ3v) is 3.21. The molecule has 0 aliphatic carbocycles. The van der Waals surface area contributed by atoms with Crippen LogP contribution in [0.5, 0.6) is 0 Å². The molecule has 0 unspecified atom stereocenters. The molecule has 0 fully saturated rings. The van der Waals surface area contributed by atoms with Gasteiger partial charge >= 0.3 is 11.9 Å². The van der Waals surface area contributed by atoms with Crippen molar-refractivity contribution in [2.75, 3.05) is 0 Å². The van der Waals surface area contributed by atoms with Crippen molar-refractivity contribution in [1.29, 1.82) is 0 Å². The summed E-state index contributed by atoms with van der Waals surface area (Å²) in [7, 11) is 0. The Balaban J connectivity index is 2.73. The molecule has 1 amide bonds. The molecule has 1 heterocycles. The van der Waals surface area contributed by atoms with E-state index in [4.69, 9.17) is 5.73 Å². The Hall–Kier alpha value is -2.64. The second-order valence-electron chi connectivity index (χ2n) is 4.71. The Labute approximate surface area is 123 Å². The highest BCUT2D eigenvalue weighted by Crippen LogP contribution is 2.27. The summed E-state index contributed by atoms with van der Waals surface area (Å²) in [6, 6.07) is 5.24.